The van der Waals surface area contributed by atoms with Crippen LogP contribution in [0.1, 0.15) is 18.1 Å². The second-order valence-electron chi connectivity index (χ2n) is 4.56. The Kier molecular flexibility index (Phi) is 5.26. The number of nitrogens with one attached hydrogen (secondary N) is 2. The SMILES string of the molecule is CCc1ccc(NC(=O)CNCc2ccncc2)cc1. The van der Waals surface area contributed by atoms with Crippen LogP contribution in [-0.4, -0.2) is 17.4 Å². The lowest BCUT2D eigenvalue weighted by molar-refractivity contribution is -0.115. The average Bonchev–Trinajstić information content (AvgIpc) is 2.49. The fourth-order valence-electron chi connectivity index (χ4n) is 1.85. The van der Waals surface area contributed by atoms with Gasteiger partial charge >= 0.3 is 0 Å². The van der Waals surface area contributed by atoms with Gasteiger partial charge in [-0.25, -0.2) is 0 Å². The normalized spacial score (nSPS) is 10.2. The minimum Gasteiger partial charge on any atom is -0.325 e. The number of amides is 1. The van der Waals surface area contributed by atoms with Crippen molar-refractivity contribution in [3.8, 4) is 0 Å². The monoisotopic (exact) mass is 269 g/mol. The van der Waals surface area contributed by atoms with E-state index in [4.69, 9.17) is 0 Å². The van der Waals surface area contributed by atoms with Gasteiger partial charge in [-0.3, -0.25) is 9.78 Å². The number of anilines is 1. The molecule has 2 rings (SSSR count). The summed E-state index contributed by atoms with van der Waals surface area (Å²) in [5, 5.41) is 5.97. The van der Waals surface area contributed by atoms with Crippen molar-refractivity contribution >= 4 is 11.6 Å². The summed E-state index contributed by atoms with van der Waals surface area (Å²) in [7, 11) is 0. The highest BCUT2D eigenvalue weighted by Crippen LogP contribution is 2.09. The van der Waals surface area contributed by atoms with Gasteiger partial charge in [-0.05, 0) is 41.8 Å². The Bertz CT molecular complexity index is 537. The molecule has 0 unspecified atom stereocenters. The molecule has 104 valence electrons. The molecule has 0 saturated carbocycles. The molecule has 0 fully saturated rings. The zero-order valence-corrected chi connectivity index (χ0v) is 11.6. The lowest BCUT2D eigenvalue weighted by Crippen LogP contribution is -2.27. The van der Waals surface area contributed by atoms with E-state index in [9.17, 15) is 4.79 Å². The number of carbonyl (C=O) groups is 1. The predicted octanol–water partition coefficient (Wildman–Crippen LogP) is 2.37. The summed E-state index contributed by atoms with van der Waals surface area (Å²) >= 11 is 0. The van der Waals surface area contributed by atoms with Crippen molar-refractivity contribution in [2.75, 3.05) is 11.9 Å². The number of aryl methyl sites for hydroxylation is 1. The Balaban J connectivity index is 1.74. The first-order valence-corrected chi connectivity index (χ1v) is 6.76. The molecule has 20 heavy (non-hydrogen) atoms. The second-order valence-corrected chi connectivity index (χ2v) is 4.56. The molecule has 0 bridgehead atoms. The van der Waals surface area contributed by atoms with Crippen LogP contribution in [0.2, 0.25) is 0 Å². The first kappa shape index (κ1) is 14.2. The summed E-state index contributed by atoms with van der Waals surface area (Å²) < 4.78 is 0. The molecule has 0 aliphatic rings. The van der Waals surface area contributed by atoms with E-state index in [1.807, 2.05) is 36.4 Å². The van der Waals surface area contributed by atoms with E-state index in [1.54, 1.807) is 12.4 Å². The molecule has 2 aromatic rings. The fourth-order valence-corrected chi connectivity index (χ4v) is 1.85. The third-order valence-electron chi connectivity index (χ3n) is 3.01. The molecule has 1 aromatic heterocycles. The molecule has 4 heteroatoms. The first-order valence-electron chi connectivity index (χ1n) is 6.76. The molecule has 0 atom stereocenters. The zero-order valence-electron chi connectivity index (χ0n) is 11.6. The molecule has 1 aromatic carbocycles. The smallest absolute Gasteiger partial charge is 0.238 e. The van der Waals surface area contributed by atoms with Crippen LogP contribution in [0.4, 0.5) is 5.69 Å². The fraction of sp³-hybridized carbons (Fsp3) is 0.250. The number of hydrogen-bond acceptors (Lipinski definition) is 3. The Morgan fingerprint density at radius 2 is 1.75 bits per heavy atom. The van der Waals surface area contributed by atoms with Gasteiger partial charge < -0.3 is 10.6 Å². The molecule has 1 amide bonds. The summed E-state index contributed by atoms with van der Waals surface area (Å²) in [6.07, 6.45) is 4.49. The van der Waals surface area contributed by atoms with Gasteiger partial charge in [-0.1, -0.05) is 19.1 Å². The van der Waals surface area contributed by atoms with Gasteiger partial charge in [0, 0.05) is 24.6 Å². The topological polar surface area (TPSA) is 54.0 Å². The quantitative estimate of drug-likeness (QED) is 0.846. The van der Waals surface area contributed by atoms with Gasteiger partial charge in [0.15, 0.2) is 0 Å². The van der Waals surface area contributed by atoms with E-state index in [2.05, 4.69) is 22.5 Å². The zero-order chi connectivity index (χ0) is 14.2. The Morgan fingerprint density at radius 3 is 2.40 bits per heavy atom. The Labute approximate surface area is 119 Å². The van der Waals surface area contributed by atoms with Gasteiger partial charge in [0.2, 0.25) is 5.91 Å². The van der Waals surface area contributed by atoms with Gasteiger partial charge in [-0.15, -0.1) is 0 Å². The van der Waals surface area contributed by atoms with Crippen LogP contribution >= 0.6 is 0 Å². The maximum atomic E-state index is 11.8. The highest BCUT2D eigenvalue weighted by Gasteiger charge is 2.02. The van der Waals surface area contributed by atoms with Gasteiger partial charge in [-0.2, -0.15) is 0 Å². The summed E-state index contributed by atoms with van der Waals surface area (Å²) in [6, 6.07) is 11.8. The van der Waals surface area contributed by atoms with Crippen molar-refractivity contribution in [1.82, 2.24) is 10.3 Å². The van der Waals surface area contributed by atoms with E-state index in [0.29, 0.717) is 6.54 Å². The van der Waals surface area contributed by atoms with Gasteiger partial charge in [0.25, 0.3) is 0 Å². The molecular weight excluding hydrogens is 250 g/mol. The van der Waals surface area contributed by atoms with Crippen LogP contribution in [0, 0.1) is 0 Å². The van der Waals surface area contributed by atoms with E-state index in [1.165, 1.54) is 5.56 Å². The van der Waals surface area contributed by atoms with Crippen molar-refractivity contribution in [3.63, 3.8) is 0 Å². The van der Waals surface area contributed by atoms with Crippen molar-refractivity contribution in [2.24, 2.45) is 0 Å². The summed E-state index contributed by atoms with van der Waals surface area (Å²) in [5.41, 5.74) is 3.21. The number of aromatic nitrogens is 1. The molecule has 0 spiro atoms. The van der Waals surface area contributed by atoms with Crippen molar-refractivity contribution < 1.29 is 4.79 Å². The van der Waals surface area contributed by atoms with Crippen LogP contribution in [0.25, 0.3) is 0 Å². The number of hydrogen-bond donors (Lipinski definition) is 2. The molecule has 1 heterocycles. The van der Waals surface area contributed by atoms with E-state index < -0.39 is 0 Å². The number of carbonyl (C=O) groups excluding carboxylic acids is 1. The number of nitrogens with zero attached hydrogens (tertiary/aromatic N) is 1. The van der Waals surface area contributed by atoms with Crippen molar-refractivity contribution in [2.45, 2.75) is 19.9 Å². The van der Waals surface area contributed by atoms with E-state index in [-0.39, 0.29) is 12.5 Å². The summed E-state index contributed by atoms with van der Waals surface area (Å²) in [4.78, 5) is 15.7. The largest absolute Gasteiger partial charge is 0.325 e. The summed E-state index contributed by atoms with van der Waals surface area (Å²) in [5.74, 6) is -0.0386. The minimum absolute atomic E-state index is 0.0386. The lowest BCUT2D eigenvalue weighted by atomic mass is 10.1. The molecule has 0 saturated heterocycles. The van der Waals surface area contributed by atoms with Gasteiger partial charge in [0.05, 0.1) is 6.54 Å². The van der Waals surface area contributed by atoms with Crippen molar-refractivity contribution in [3.05, 3.63) is 59.9 Å². The average molecular weight is 269 g/mol. The molecular formula is C16H19N3O. The van der Waals surface area contributed by atoms with Crippen LogP contribution < -0.4 is 10.6 Å². The van der Waals surface area contributed by atoms with Crippen LogP contribution in [0.5, 0.6) is 0 Å². The molecule has 0 aliphatic heterocycles. The Morgan fingerprint density at radius 1 is 1.05 bits per heavy atom. The molecule has 0 radical (unpaired) electrons. The van der Waals surface area contributed by atoms with E-state index >= 15 is 0 Å². The Hall–Kier alpha value is -2.20. The van der Waals surface area contributed by atoms with Crippen LogP contribution in [-0.2, 0) is 17.8 Å². The first-order chi connectivity index (χ1) is 9.78. The third-order valence-corrected chi connectivity index (χ3v) is 3.01. The predicted molar refractivity (Wildman–Crippen MR) is 80.4 cm³/mol. The summed E-state index contributed by atoms with van der Waals surface area (Å²) in [6.45, 7) is 3.05. The van der Waals surface area contributed by atoms with Gasteiger partial charge in [0.1, 0.15) is 0 Å². The standard InChI is InChI=1S/C16H19N3O/c1-2-13-3-5-15(6-4-13)19-16(20)12-18-11-14-7-9-17-10-8-14/h3-10,18H,2,11-12H2,1H3,(H,19,20). The van der Waals surface area contributed by atoms with E-state index in [0.717, 1.165) is 17.7 Å². The lowest BCUT2D eigenvalue weighted by Gasteiger charge is -2.07. The third kappa shape index (κ3) is 4.48. The highest BCUT2D eigenvalue weighted by atomic mass is 16.1. The molecule has 4 nitrogen and oxygen atoms in total. The molecule has 0 aliphatic carbocycles. The second kappa shape index (κ2) is 7.40. The maximum absolute atomic E-state index is 11.8. The molecule has 2 N–H and O–H groups in total. The van der Waals surface area contributed by atoms with Crippen molar-refractivity contribution in [1.29, 1.82) is 0 Å². The maximum Gasteiger partial charge on any atom is 0.238 e. The number of pyridine rings is 1. The highest BCUT2D eigenvalue weighted by molar-refractivity contribution is 5.92. The van der Waals surface area contributed by atoms with Crippen LogP contribution in [0.3, 0.4) is 0 Å². The van der Waals surface area contributed by atoms with Crippen LogP contribution in [0.15, 0.2) is 48.8 Å². The minimum atomic E-state index is -0.0386. The number of benzene rings is 1. The number of rotatable bonds is 6.